The molecular formula is C14H28N2S. The lowest BCUT2D eigenvalue weighted by atomic mass is 9.80. The molecule has 0 aromatic heterocycles. The van der Waals surface area contributed by atoms with E-state index in [1.54, 1.807) is 0 Å². The Bertz CT molecular complexity index is 204. The molecule has 2 nitrogen and oxygen atoms in total. The Balaban J connectivity index is 1.91. The quantitative estimate of drug-likeness (QED) is 0.787. The topological polar surface area (TPSA) is 29.3 Å². The maximum absolute atomic E-state index is 6.13. The number of rotatable bonds is 3. The fourth-order valence-electron chi connectivity index (χ4n) is 3.34. The number of thioether (sulfide) groups is 1. The van der Waals surface area contributed by atoms with Crippen LogP contribution < -0.4 is 5.73 Å². The molecule has 0 unspecified atom stereocenters. The molecule has 1 saturated carbocycles. The highest BCUT2D eigenvalue weighted by Crippen LogP contribution is 2.35. The van der Waals surface area contributed by atoms with Crippen LogP contribution in [0.2, 0.25) is 0 Å². The molecule has 0 aromatic carbocycles. The van der Waals surface area contributed by atoms with Crippen LogP contribution >= 0.6 is 11.8 Å². The minimum absolute atomic E-state index is 0.450. The van der Waals surface area contributed by atoms with E-state index in [1.165, 1.54) is 76.1 Å². The van der Waals surface area contributed by atoms with Crippen molar-refractivity contribution >= 4 is 11.8 Å². The van der Waals surface area contributed by atoms with Crippen molar-refractivity contribution in [3.8, 4) is 0 Å². The maximum atomic E-state index is 6.13. The molecule has 1 heterocycles. The van der Waals surface area contributed by atoms with Gasteiger partial charge in [-0.15, -0.1) is 0 Å². The Morgan fingerprint density at radius 3 is 2.41 bits per heavy atom. The molecule has 1 aliphatic carbocycles. The monoisotopic (exact) mass is 256 g/mol. The number of hydrogen-bond donors (Lipinski definition) is 1. The van der Waals surface area contributed by atoms with E-state index in [2.05, 4.69) is 16.7 Å². The van der Waals surface area contributed by atoms with Crippen molar-refractivity contribution in [2.45, 2.75) is 44.9 Å². The lowest BCUT2D eigenvalue weighted by Crippen LogP contribution is -2.43. The summed E-state index contributed by atoms with van der Waals surface area (Å²) in [5.74, 6) is 2.67. The van der Waals surface area contributed by atoms with Crippen LogP contribution in [0.5, 0.6) is 0 Å². The summed E-state index contributed by atoms with van der Waals surface area (Å²) in [4.78, 5) is 2.69. The standard InChI is InChI=1S/C14H28N2S/c15-12-14(6-3-1-2-4-7-14)13-16-8-5-10-17-11-9-16/h1-13,15H2. The van der Waals surface area contributed by atoms with Crippen LogP contribution in [-0.2, 0) is 0 Å². The molecule has 0 aromatic rings. The van der Waals surface area contributed by atoms with E-state index in [9.17, 15) is 0 Å². The van der Waals surface area contributed by atoms with E-state index in [1.807, 2.05) is 0 Å². The Morgan fingerprint density at radius 2 is 1.71 bits per heavy atom. The van der Waals surface area contributed by atoms with Crippen molar-refractivity contribution in [1.82, 2.24) is 4.90 Å². The normalized spacial score (nSPS) is 27.4. The molecule has 1 saturated heterocycles. The second kappa shape index (κ2) is 7.01. The van der Waals surface area contributed by atoms with Gasteiger partial charge in [0.25, 0.3) is 0 Å². The zero-order chi connectivity index (χ0) is 12.0. The van der Waals surface area contributed by atoms with Gasteiger partial charge in [-0.3, -0.25) is 0 Å². The van der Waals surface area contributed by atoms with Crippen molar-refractivity contribution in [3.05, 3.63) is 0 Å². The summed E-state index contributed by atoms with van der Waals surface area (Å²) in [5, 5.41) is 0. The zero-order valence-corrected chi connectivity index (χ0v) is 11.9. The number of hydrogen-bond acceptors (Lipinski definition) is 3. The maximum Gasteiger partial charge on any atom is 0.00726 e. The fraction of sp³-hybridized carbons (Fsp3) is 1.00. The molecule has 3 heteroatoms. The first-order valence-electron chi connectivity index (χ1n) is 7.35. The van der Waals surface area contributed by atoms with E-state index in [4.69, 9.17) is 5.73 Å². The second-order valence-corrected chi connectivity index (χ2v) is 7.09. The molecular weight excluding hydrogens is 228 g/mol. The molecule has 0 amide bonds. The van der Waals surface area contributed by atoms with Crippen LogP contribution in [0.4, 0.5) is 0 Å². The molecule has 0 spiro atoms. The van der Waals surface area contributed by atoms with Gasteiger partial charge in [0.05, 0.1) is 0 Å². The summed E-state index contributed by atoms with van der Waals surface area (Å²) in [5.41, 5.74) is 6.58. The first-order chi connectivity index (χ1) is 8.35. The van der Waals surface area contributed by atoms with Gasteiger partial charge in [0, 0.05) is 18.8 Å². The van der Waals surface area contributed by atoms with E-state index >= 15 is 0 Å². The minimum atomic E-state index is 0.450. The van der Waals surface area contributed by atoms with Gasteiger partial charge in [-0.25, -0.2) is 0 Å². The molecule has 2 aliphatic rings. The van der Waals surface area contributed by atoms with Gasteiger partial charge in [-0.2, -0.15) is 11.8 Å². The first-order valence-corrected chi connectivity index (χ1v) is 8.50. The molecule has 2 N–H and O–H groups in total. The minimum Gasteiger partial charge on any atom is -0.330 e. The predicted octanol–water partition coefficient (Wildman–Crippen LogP) is 2.72. The Hall–Kier alpha value is 0.270. The van der Waals surface area contributed by atoms with Crippen LogP contribution in [0.25, 0.3) is 0 Å². The molecule has 17 heavy (non-hydrogen) atoms. The molecule has 2 fully saturated rings. The fourth-order valence-corrected chi connectivity index (χ4v) is 4.26. The zero-order valence-electron chi connectivity index (χ0n) is 11.1. The van der Waals surface area contributed by atoms with E-state index < -0.39 is 0 Å². The highest BCUT2D eigenvalue weighted by atomic mass is 32.2. The Kier molecular flexibility index (Phi) is 5.64. The molecule has 2 rings (SSSR count). The van der Waals surface area contributed by atoms with Gasteiger partial charge in [0.1, 0.15) is 0 Å². The van der Waals surface area contributed by atoms with Crippen LogP contribution in [-0.4, -0.2) is 42.6 Å². The van der Waals surface area contributed by atoms with Crippen LogP contribution in [0, 0.1) is 5.41 Å². The van der Waals surface area contributed by atoms with Crippen LogP contribution in [0.1, 0.15) is 44.9 Å². The lowest BCUT2D eigenvalue weighted by molar-refractivity contribution is 0.143. The average molecular weight is 256 g/mol. The summed E-state index contributed by atoms with van der Waals surface area (Å²) < 4.78 is 0. The summed E-state index contributed by atoms with van der Waals surface area (Å²) in [6.45, 7) is 4.75. The van der Waals surface area contributed by atoms with Crippen molar-refractivity contribution in [2.75, 3.05) is 37.7 Å². The van der Waals surface area contributed by atoms with Gasteiger partial charge in [0.15, 0.2) is 0 Å². The highest BCUT2D eigenvalue weighted by Gasteiger charge is 2.31. The van der Waals surface area contributed by atoms with Gasteiger partial charge in [0.2, 0.25) is 0 Å². The van der Waals surface area contributed by atoms with E-state index in [0.29, 0.717) is 5.41 Å². The molecule has 1 aliphatic heterocycles. The summed E-state index contributed by atoms with van der Waals surface area (Å²) in [7, 11) is 0. The van der Waals surface area contributed by atoms with Crippen LogP contribution in [0.15, 0.2) is 0 Å². The van der Waals surface area contributed by atoms with E-state index in [-0.39, 0.29) is 0 Å². The summed E-state index contributed by atoms with van der Waals surface area (Å²) >= 11 is 2.12. The smallest absolute Gasteiger partial charge is 0.00726 e. The molecule has 0 radical (unpaired) electrons. The average Bonchev–Trinajstić information content (AvgIpc) is 2.73. The van der Waals surface area contributed by atoms with Crippen molar-refractivity contribution in [2.24, 2.45) is 11.1 Å². The van der Waals surface area contributed by atoms with Gasteiger partial charge in [-0.1, -0.05) is 25.7 Å². The van der Waals surface area contributed by atoms with Gasteiger partial charge < -0.3 is 10.6 Å². The highest BCUT2D eigenvalue weighted by molar-refractivity contribution is 7.99. The third-order valence-corrected chi connectivity index (χ3v) is 5.52. The Labute approximate surface area is 111 Å². The van der Waals surface area contributed by atoms with Crippen LogP contribution in [0.3, 0.4) is 0 Å². The number of nitrogens with two attached hydrogens (primary N) is 1. The van der Waals surface area contributed by atoms with Crippen molar-refractivity contribution in [3.63, 3.8) is 0 Å². The predicted molar refractivity (Wildman–Crippen MR) is 77.6 cm³/mol. The van der Waals surface area contributed by atoms with E-state index in [0.717, 1.165) is 6.54 Å². The van der Waals surface area contributed by atoms with Crippen molar-refractivity contribution < 1.29 is 0 Å². The number of nitrogens with zero attached hydrogens (tertiary/aromatic N) is 1. The molecule has 0 atom stereocenters. The van der Waals surface area contributed by atoms with Gasteiger partial charge in [-0.05, 0) is 43.5 Å². The largest absolute Gasteiger partial charge is 0.330 e. The molecule has 0 bridgehead atoms. The second-order valence-electron chi connectivity index (χ2n) is 5.86. The SMILES string of the molecule is NCC1(CN2CCCSCC2)CCCCCC1. The third kappa shape index (κ3) is 4.15. The Morgan fingerprint density at radius 1 is 0.941 bits per heavy atom. The first kappa shape index (κ1) is 13.7. The molecule has 100 valence electrons. The lowest BCUT2D eigenvalue weighted by Gasteiger charge is -2.36. The van der Waals surface area contributed by atoms with Crippen molar-refractivity contribution in [1.29, 1.82) is 0 Å². The third-order valence-electron chi connectivity index (χ3n) is 4.47. The van der Waals surface area contributed by atoms with Gasteiger partial charge >= 0.3 is 0 Å². The summed E-state index contributed by atoms with van der Waals surface area (Å²) in [6.07, 6.45) is 9.76. The summed E-state index contributed by atoms with van der Waals surface area (Å²) in [6, 6.07) is 0.